The summed E-state index contributed by atoms with van der Waals surface area (Å²) in [4.78, 5) is 24.8. The largest absolute Gasteiger partial charge is 0.465 e. The Morgan fingerprint density at radius 3 is 1.91 bits per heavy atom. The third kappa shape index (κ3) is 4.89. The van der Waals surface area contributed by atoms with Gasteiger partial charge in [0.25, 0.3) is 0 Å². The Morgan fingerprint density at radius 1 is 1.09 bits per heavy atom. The van der Waals surface area contributed by atoms with E-state index in [1.54, 1.807) is 13.8 Å². The summed E-state index contributed by atoms with van der Waals surface area (Å²) in [5.41, 5.74) is -1.30. The Bertz CT molecular complexity index is 393. The number of carbonyl (C=O) groups is 2. The first kappa shape index (κ1) is 20.3. The van der Waals surface area contributed by atoms with Gasteiger partial charge in [0.1, 0.15) is 0 Å². The fourth-order valence-electron chi connectivity index (χ4n) is 2.98. The Balaban J connectivity index is 3.07. The molecule has 2 unspecified atom stereocenters. The van der Waals surface area contributed by atoms with Crippen molar-refractivity contribution in [3.63, 3.8) is 0 Å². The number of rotatable bonds is 6. The van der Waals surface area contributed by atoms with Gasteiger partial charge in [-0.3, -0.25) is 9.59 Å². The lowest BCUT2D eigenvalue weighted by Gasteiger charge is -2.25. The molecule has 8 heteroatoms. The second-order valence-corrected chi connectivity index (χ2v) is 8.59. The molecule has 22 heavy (non-hydrogen) atoms. The second-order valence-electron chi connectivity index (χ2n) is 5.43. The molecule has 0 aliphatic heterocycles. The van der Waals surface area contributed by atoms with Gasteiger partial charge in [0.05, 0.1) is 13.2 Å². The lowest BCUT2D eigenvalue weighted by Crippen LogP contribution is -2.40. The molecular formula is C14H20BrCl3O4. The molecule has 1 aliphatic carbocycles. The molecule has 0 aromatic carbocycles. The molecule has 0 N–H and O–H groups in total. The number of hydrogen-bond acceptors (Lipinski definition) is 4. The van der Waals surface area contributed by atoms with Crippen molar-refractivity contribution in [2.75, 3.05) is 18.5 Å². The molecule has 0 amide bonds. The maximum Gasteiger partial charge on any atom is 0.323 e. The van der Waals surface area contributed by atoms with Crippen LogP contribution in [0.1, 0.15) is 33.1 Å². The van der Waals surface area contributed by atoms with E-state index in [-0.39, 0.29) is 37.9 Å². The van der Waals surface area contributed by atoms with Crippen LogP contribution in [0.4, 0.5) is 0 Å². The fraction of sp³-hybridized carbons (Fsp3) is 0.857. The van der Waals surface area contributed by atoms with Crippen LogP contribution in [0.15, 0.2) is 0 Å². The predicted octanol–water partition coefficient (Wildman–Crippen LogP) is 4.28. The summed E-state index contributed by atoms with van der Waals surface area (Å²) in [6.07, 6.45) is 0.880. The first-order valence-corrected chi connectivity index (χ1v) is 9.42. The molecule has 1 aliphatic rings. The van der Waals surface area contributed by atoms with Gasteiger partial charge in [-0.05, 0) is 44.9 Å². The van der Waals surface area contributed by atoms with Crippen LogP contribution < -0.4 is 0 Å². The first-order chi connectivity index (χ1) is 10.2. The summed E-state index contributed by atoms with van der Waals surface area (Å²) in [5, 5.41) is 0.610. The van der Waals surface area contributed by atoms with E-state index in [9.17, 15) is 9.59 Å². The maximum atomic E-state index is 12.4. The van der Waals surface area contributed by atoms with Crippen LogP contribution in [0, 0.1) is 17.3 Å². The van der Waals surface area contributed by atoms with E-state index >= 15 is 0 Å². The van der Waals surface area contributed by atoms with Crippen LogP contribution in [0.5, 0.6) is 0 Å². The van der Waals surface area contributed by atoms with Gasteiger partial charge in [-0.15, -0.1) is 0 Å². The van der Waals surface area contributed by atoms with E-state index < -0.39 is 21.1 Å². The maximum absolute atomic E-state index is 12.4. The van der Waals surface area contributed by atoms with Crippen molar-refractivity contribution >= 4 is 62.7 Å². The molecule has 2 atom stereocenters. The van der Waals surface area contributed by atoms with Crippen LogP contribution in [-0.4, -0.2) is 34.3 Å². The standard InChI is InChI=1S/C14H20BrCl3O4/c1-3-21-11(19)13(12(20)22-4-2)5-9(7-14(16,17)18)10(6-13)8-15/h9-10H,3-8H2,1-2H3. The van der Waals surface area contributed by atoms with Crippen LogP contribution in [0.25, 0.3) is 0 Å². The molecule has 0 heterocycles. The van der Waals surface area contributed by atoms with E-state index in [4.69, 9.17) is 44.3 Å². The Labute approximate surface area is 154 Å². The summed E-state index contributed by atoms with van der Waals surface area (Å²) in [7, 11) is 0. The number of alkyl halides is 4. The minimum absolute atomic E-state index is 0.0319. The first-order valence-electron chi connectivity index (χ1n) is 7.17. The van der Waals surface area contributed by atoms with Crippen LogP contribution >= 0.6 is 50.7 Å². The fourth-order valence-corrected chi connectivity index (χ4v) is 4.34. The number of halogens is 4. The average molecular weight is 439 g/mol. The molecule has 0 aromatic rings. The molecule has 0 radical (unpaired) electrons. The quantitative estimate of drug-likeness (QED) is 0.353. The van der Waals surface area contributed by atoms with Crippen molar-refractivity contribution in [1.29, 1.82) is 0 Å². The number of esters is 2. The molecule has 0 spiro atoms. The minimum atomic E-state index is -1.43. The Hall–Kier alpha value is 0.290. The van der Waals surface area contributed by atoms with E-state index in [1.807, 2.05) is 0 Å². The van der Waals surface area contributed by atoms with E-state index in [1.165, 1.54) is 0 Å². The predicted molar refractivity (Wildman–Crippen MR) is 90.6 cm³/mol. The summed E-state index contributed by atoms with van der Waals surface area (Å²) in [6.45, 7) is 3.81. The molecular weight excluding hydrogens is 418 g/mol. The molecule has 0 aromatic heterocycles. The van der Waals surface area contributed by atoms with Gasteiger partial charge in [0.2, 0.25) is 0 Å². The highest BCUT2D eigenvalue weighted by molar-refractivity contribution is 9.09. The van der Waals surface area contributed by atoms with Crippen molar-refractivity contribution in [3.05, 3.63) is 0 Å². The van der Waals surface area contributed by atoms with Gasteiger partial charge < -0.3 is 9.47 Å². The van der Waals surface area contributed by atoms with E-state index in [0.29, 0.717) is 11.8 Å². The van der Waals surface area contributed by atoms with Crippen molar-refractivity contribution in [2.45, 2.75) is 36.9 Å². The molecule has 4 nitrogen and oxygen atoms in total. The minimum Gasteiger partial charge on any atom is -0.465 e. The zero-order valence-corrected chi connectivity index (χ0v) is 16.4. The van der Waals surface area contributed by atoms with E-state index in [2.05, 4.69) is 15.9 Å². The van der Waals surface area contributed by atoms with Gasteiger partial charge in [-0.2, -0.15) is 0 Å². The zero-order chi connectivity index (χ0) is 17.0. The summed E-state index contributed by atoms with van der Waals surface area (Å²) in [6, 6.07) is 0. The third-order valence-electron chi connectivity index (χ3n) is 3.91. The van der Waals surface area contributed by atoms with Gasteiger partial charge in [0, 0.05) is 5.33 Å². The van der Waals surface area contributed by atoms with Gasteiger partial charge in [-0.25, -0.2) is 0 Å². The average Bonchev–Trinajstić information content (AvgIpc) is 2.77. The molecule has 1 rings (SSSR count). The molecule has 128 valence electrons. The van der Waals surface area contributed by atoms with Crippen molar-refractivity contribution in [3.8, 4) is 0 Å². The van der Waals surface area contributed by atoms with Crippen LogP contribution in [0.3, 0.4) is 0 Å². The summed E-state index contributed by atoms with van der Waals surface area (Å²) in [5.74, 6) is -1.15. The summed E-state index contributed by atoms with van der Waals surface area (Å²) >= 11 is 21.1. The highest BCUT2D eigenvalue weighted by Crippen LogP contribution is 2.52. The SMILES string of the molecule is CCOC(=O)C1(C(=O)OCC)CC(CBr)C(CC(Cl)(Cl)Cl)C1. The van der Waals surface area contributed by atoms with Crippen molar-refractivity contribution in [1.82, 2.24) is 0 Å². The third-order valence-corrected chi connectivity index (χ3v) is 5.21. The van der Waals surface area contributed by atoms with Crippen molar-refractivity contribution < 1.29 is 19.1 Å². The second kappa shape index (κ2) is 8.41. The zero-order valence-electron chi connectivity index (χ0n) is 12.5. The van der Waals surface area contributed by atoms with Gasteiger partial charge in [0.15, 0.2) is 9.21 Å². The van der Waals surface area contributed by atoms with Crippen LogP contribution in [-0.2, 0) is 19.1 Å². The normalized spacial score (nSPS) is 24.1. The smallest absolute Gasteiger partial charge is 0.323 e. The monoisotopic (exact) mass is 436 g/mol. The van der Waals surface area contributed by atoms with E-state index in [0.717, 1.165) is 0 Å². The summed E-state index contributed by atoms with van der Waals surface area (Å²) < 4.78 is 8.80. The highest BCUT2D eigenvalue weighted by atomic mass is 79.9. The highest BCUT2D eigenvalue weighted by Gasteiger charge is 2.57. The molecule has 0 bridgehead atoms. The number of carbonyl (C=O) groups excluding carboxylic acids is 2. The lowest BCUT2D eigenvalue weighted by molar-refractivity contribution is -0.172. The molecule has 1 fully saturated rings. The van der Waals surface area contributed by atoms with Crippen molar-refractivity contribution in [2.24, 2.45) is 17.3 Å². The topological polar surface area (TPSA) is 52.6 Å². The lowest BCUT2D eigenvalue weighted by atomic mass is 9.84. The Kier molecular flexibility index (Phi) is 7.77. The Morgan fingerprint density at radius 2 is 1.55 bits per heavy atom. The number of hydrogen-bond donors (Lipinski definition) is 0. The van der Waals surface area contributed by atoms with Gasteiger partial charge in [-0.1, -0.05) is 50.7 Å². The number of ether oxygens (including phenoxy) is 2. The van der Waals surface area contributed by atoms with Crippen LogP contribution in [0.2, 0.25) is 0 Å². The van der Waals surface area contributed by atoms with Gasteiger partial charge >= 0.3 is 11.9 Å². The molecule has 1 saturated carbocycles. The molecule has 0 saturated heterocycles.